The molecule has 3 aromatic heterocycles. The lowest BCUT2D eigenvalue weighted by molar-refractivity contribution is 0.343. The molecule has 0 spiro atoms. The summed E-state index contributed by atoms with van der Waals surface area (Å²) >= 11 is 0. The normalized spacial score (nSPS) is 16.0. The lowest BCUT2D eigenvalue weighted by Crippen LogP contribution is -2.17. The predicted molar refractivity (Wildman–Crippen MR) is 85.7 cm³/mol. The highest BCUT2D eigenvalue weighted by Gasteiger charge is 2.19. The molecule has 1 fully saturated rings. The van der Waals surface area contributed by atoms with Gasteiger partial charge in [0.05, 0.1) is 6.54 Å². The van der Waals surface area contributed by atoms with Crippen LogP contribution in [0.5, 0.6) is 0 Å². The van der Waals surface area contributed by atoms with Crippen LogP contribution in [0.2, 0.25) is 0 Å². The summed E-state index contributed by atoms with van der Waals surface area (Å²) in [6.45, 7) is 0.665. The number of rotatable bonds is 4. The zero-order chi connectivity index (χ0) is 15.6. The molecule has 0 N–H and O–H groups in total. The standard InChI is InChI=1S/C16H21N7/c1-21-9-7-17-15(21)16-18-8-10-22(16)11-14-20-19-12-23(14)13-5-3-2-4-6-13/h7-10,12-13H,2-6,11H2,1H3. The van der Waals surface area contributed by atoms with Crippen molar-refractivity contribution in [2.24, 2.45) is 7.05 Å². The van der Waals surface area contributed by atoms with Gasteiger partial charge < -0.3 is 13.7 Å². The topological polar surface area (TPSA) is 66.3 Å². The summed E-state index contributed by atoms with van der Waals surface area (Å²) in [7, 11) is 1.98. The average Bonchev–Trinajstić information content (AvgIpc) is 3.30. The second-order valence-electron chi connectivity index (χ2n) is 6.19. The first kappa shape index (κ1) is 14.2. The van der Waals surface area contributed by atoms with Gasteiger partial charge in [-0.05, 0) is 12.8 Å². The zero-order valence-electron chi connectivity index (χ0n) is 13.3. The molecule has 1 saturated carbocycles. The summed E-state index contributed by atoms with van der Waals surface area (Å²) in [4.78, 5) is 8.86. The van der Waals surface area contributed by atoms with E-state index >= 15 is 0 Å². The molecule has 23 heavy (non-hydrogen) atoms. The van der Waals surface area contributed by atoms with Crippen molar-refractivity contribution in [1.29, 1.82) is 0 Å². The lowest BCUT2D eigenvalue weighted by Gasteiger charge is -2.24. The number of hydrogen-bond acceptors (Lipinski definition) is 4. The minimum absolute atomic E-state index is 0.536. The first-order valence-corrected chi connectivity index (χ1v) is 8.20. The van der Waals surface area contributed by atoms with Gasteiger partial charge in [0.25, 0.3) is 0 Å². The molecule has 0 unspecified atom stereocenters. The van der Waals surface area contributed by atoms with Gasteiger partial charge in [-0.15, -0.1) is 10.2 Å². The van der Waals surface area contributed by atoms with Crippen molar-refractivity contribution in [2.45, 2.75) is 44.7 Å². The van der Waals surface area contributed by atoms with Crippen molar-refractivity contribution in [3.05, 3.63) is 36.9 Å². The van der Waals surface area contributed by atoms with Crippen LogP contribution in [0.4, 0.5) is 0 Å². The van der Waals surface area contributed by atoms with Gasteiger partial charge >= 0.3 is 0 Å². The van der Waals surface area contributed by atoms with Gasteiger partial charge in [-0.3, -0.25) is 0 Å². The maximum absolute atomic E-state index is 4.46. The molecule has 120 valence electrons. The Morgan fingerprint density at radius 3 is 2.61 bits per heavy atom. The van der Waals surface area contributed by atoms with Crippen LogP contribution < -0.4 is 0 Å². The van der Waals surface area contributed by atoms with Crippen molar-refractivity contribution in [2.75, 3.05) is 0 Å². The van der Waals surface area contributed by atoms with Crippen LogP contribution in [0.25, 0.3) is 11.6 Å². The molecule has 0 saturated heterocycles. The fourth-order valence-corrected chi connectivity index (χ4v) is 3.42. The Hall–Kier alpha value is -2.44. The van der Waals surface area contributed by atoms with Crippen LogP contribution in [-0.2, 0) is 13.6 Å². The predicted octanol–water partition coefficient (Wildman–Crippen LogP) is 2.43. The third kappa shape index (κ3) is 2.67. The highest BCUT2D eigenvalue weighted by molar-refractivity contribution is 5.44. The smallest absolute Gasteiger partial charge is 0.176 e. The Morgan fingerprint density at radius 2 is 1.83 bits per heavy atom. The van der Waals surface area contributed by atoms with E-state index in [0.717, 1.165) is 17.5 Å². The molecule has 1 aliphatic carbocycles. The number of nitrogens with zero attached hydrogens (tertiary/aromatic N) is 7. The maximum Gasteiger partial charge on any atom is 0.176 e. The van der Waals surface area contributed by atoms with Crippen molar-refractivity contribution >= 4 is 0 Å². The van der Waals surface area contributed by atoms with Crippen LogP contribution in [0.1, 0.15) is 44.0 Å². The summed E-state index contributed by atoms with van der Waals surface area (Å²) in [5.74, 6) is 2.71. The molecule has 0 aliphatic heterocycles. The molecule has 0 atom stereocenters. The van der Waals surface area contributed by atoms with Gasteiger partial charge in [0.2, 0.25) is 0 Å². The van der Waals surface area contributed by atoms with Gasteiger partial charge in [0, 0.05) is 37.9 Å². The molecule has 0 aromatic carbocycles. The van der Waals surface area contributed by atoms with Crippen LogP contribution in [0.15, 0.2) is 31.1 Å². The third-order valence-corrected chi connectivity index (χ3v) is 4.66. The molecule has 1 aliphatic rings. The quantitative estimate of drug-likeness (QED) is 0.742. The van der Waals surface area contributed by atoms with Gasteiger partial charge in [0.1, 0.15) is 6.33 Å². The minimum Gasteiger partial charge on any atom is -0.331 e. The summed E-state index contributed by atoms with van der Waals surface area (Å²) in [6, 6.07) is 0.536. The Balaban J connectivity index is 1.62. The molecule has 3 heterocycles. The summed E-state index contributed by atoms with van der Waals surface area (Å²) in [5.41, 5.74) is 0. The van der Waals surface area contributed by atoms with Gasteiger partial charge in [0.15, 0.2) is 17.5 Å². The van der Waals surface area contributed by atoms with Crippen molar-refractivity contribution < 1.29 is 0 Å². The number of imidazole rings is 2. The lowest BCUT2D eigenvalue weighted by atomic mass is 9.95. The Kier molecular flexibility index (Phi) is 3.69. The fraction of sp³-hybridized carbons (Fsp3) is 0.500. The Bertz CT molecular complexity index is 776. The maximum atomic E-state index is 4.46. The van der Waals surface area contributed by atoms with E-state index in [2.05, 4.69) is 29.3 Å². The van der Waals surface area contributed by atoms with Crippen molar-refractivity contribution in [1.82, 2.24) is 33.9 Å². The summed E-state index contributed by atoms with van der Waals surface area (Å²) in [5, 5.41) is 8.49. The third-order valence-electron chi connectivity index (χ3n) is 4.66. The second-order valence-corrected chi connectivity index (χ2v) is 6.19. The Labute approximate surface area is 135 Å². The minimum atomic E-state index is 0.536. The molecular formula is C16H21N7. The molecule has 7 nitrogen and oxygen atoms in total. The van der Waals surface area contributed by atoms with Crippen molar-refractivity contribution in [3.8, 4) is 11.6 Å². The van der Waals surface area contributed by atoms with Gasteiger partial charge in [-0.1, -0.05) is 19.3 Å². The first-order chi connectivity index (χ1) is 11.3. The second kappa shape index (κ2) is 5.98. The largest absolute Gasteiger partial charge is 0.331 e. The van der Waals surface area contributed by atoms with Gasteiger partial charge in [-0.2, -0.15) is 0 Å². The molecule has 4 rings (SSSR count). The first-order valence-electron chi connectivity index (χ1n) is 8.20. The fourth-order valence-electron chi connectivity index (χ4n) is 3.42. The number of aryl methyl sites for hydroxylation is 1. The average molecular weight is 311 g/mol. The van der Waals surface area contributed by atoms with E-state index < -0.39 is 0 Å². The summed E-state index contributed by atoms with van der Waals surface area (Å²) in [6.07, 6.45) is 15.8. The molecular weight excluding hydrogens is 290 g/mol. The highest BCUT2D eigenvalue weighted by atomic mass is 15.3. The van der Waals surface area contributed by atoms with E-state index in [1.54, 1.807) is 6.20 Å². The van der Waals surface area contributed by atoms with Gasteiger partial charge in [-0.25, -0.2) is 9.97 Å². The SMILES string of the molecule is Cn1ccnc1-c1nccn1Cc1nncn1C1CCCCC1. The Morgan fingerprint density at radius 1 is 1.04 bits per heavy atom. The van der Waals surface area contributed by atoms with E-state index in [1.165, 1.54) is 32.1 Å². The highest BCUT2D eigenvalue weighted by Crippen LogP contribution is 2.29. The van der Waals surface area contributed by atoms with Crippen LogP contribution >= 0.6 is 0 Å². The monoisotopic (exact) mass is 311 g/mol. The van der Waals surface area contributed by atoms with E-state index in [-0.39, 0.29) is 0 Å². The molecule has 3 aromatic rings. The molecule has 0 amide bonds. The van der Waals surface area contributed by atoms with E-state index in [1.807, 2.05) is 36.5 Å². The summed E-state index contributed by atoms with van der Waals surface area (Å²) < 4.78 is 6.32. The number of hydrogen-bond donors (Lipinski definition) is 0. The van der Waals surface area contributed by atoms with Crippen LogP contribution in [0.3, 0.4) is 0 Å². The van der Waals surface area contributed by atoms with E-state index in [9.17, 15) is 0 Å². The molecule has 7 heteroatoms. The van der Waals surface area contributed by atoms with E-state index in [0.29, 0.717) is 12.6 Å². The van der Waals surface area contributed by atoms with Crippen LogP contribution in [-0.4, -0.2) is 33.9 Å². The molecule has 0 bridgehead atoms. The van der Waals surface area contributed by atoms with Crippen LogP contribution in [0, 0.1) is 0 Å². The molecule has 0 radical (unpaired) electrons. The number of aromatic nitrogens is 7. The van der Waals surface area contributed by atoms with Crippen molar-refractivity contribution in [3.63, 3.8) is 0 Å². The zero-order valence-corrected chi connectivity index (χ0v) is 13.3. The van der Waals surface area contributed by atoms with E-state index in [4.69, 9.17) is 0 Å².